The number of allylic oxidation sites excluding steroid dienone is 4. The molecule has 1 heterocycles. The Morgan fingerprint density at radius 2 is 1.65 bits per heavy atom. The van der Waals surface area contributed by atoms with Gasteiger partial charge in [0.15, 0.2) is 0 Å². The largest absolute Gasteiger partial charge is 0.591 e. The Bertz CT molecular complexity index is 685. The molecule has 121 valence electrons. The van der Waals surface area contributed by atoms with Crippen LogP contribution in [-0.2, 0) is 0 Å². The zero-order valence-electron chi connectivity index (χ0n) is 15.2. The summed E-state index contributed by atoms with van der Waals surface area (Å²) in [6, 6.07) is 10.9. The molecule has 2 aliphatic rings. The Morgan fingerprint density at radius 3 is 2.13 bits per heavy atom. The summed E-state index contributed by atoms with van der Waals surface area (Å²) in [5, 5.41) is 1.60. The number of amidine groups is 1. The van der Waals surface area contributed by atoms with Gasteiger partial charge in [-0.15, -0.1) is 0 Å². The lowest BCUT2D eigenvalue weighted by atomic mass is 10.1. The van der Waals surface area contributed by atoms with E-state index >= 15 is 0 Å². The van der Waals surface area contributed by atoms with Crippen LogP contribution >= 0.6 is 0 Å². The molecule has 1 aromatic rings. The van der Waals surface area contributed by atoms with Crippen molar-refractivity contribution >= 4 is 15.0 Å². The van der Waals surface area contributed by atoms with Crippen molar-refractivity contribution in [1.82, 2.24) is 4.57 Å². The SMILES string of the molecule is CC(C)(C)N1C(c2ccccc2)=[N+](C(C)(C)C)[Si]1C1=CC=CC1. The molecule has 1 aromatic carbocycles. The Kier molecular flexibility index (Phi) is 3.87. The van der Waals surface area contributed by atoms with Crippen LogP contribution in [0.5, 0.6) is 0 Å². The van der Waals surface area contributed by atoms with E-state index < -0.39 is 9.12 Å². The highest BCUT2D eigenvalue weighted by Gasteiger charge is 2.62. The van der Waals surface area contributed by atoms with E-state index in [2.05, 4.69) is 98.9 Å². The van der Waals surface area contributed by atoms with Gasteiger partial charge in [-0.25, -0.2) is 0 Å². The molecule has 2 nitrogen and oxygen atoms in total. The first-order chi connectivity index (χ1) is 10.7. The van der Waals surface area contributed by atoms with E-state index in [4.69, 9.17) is 0 Å². The van der Waals surface area contributed by atoms with Gasteiger partial charge in [0.2, 0.25) is 0 Å². The Morgan fingerprint density at radius 1 is 1.00 bits per heavy atom. The third-order valence-electron chi connectivity index (χ3n) is 4.28. The van der Waals surface area contributed by atoms with E-state index in [0.29, 0.717) is 0 Å². The molecule has 0 fully saturated rings. The fraction of sp³-hybridized carbons (Fsp3) is 0.450. The number of rotatable bonds is 2. The predicted octanol–water partition coefficient (Wildman–Crippen LogP) is 4.27. The lowest BCUT2D eigenvalue weighted by Crippen LogP contribution is -2.74. The summed E-state index contributed by atoms with van der Waals surface area (Å²) in [5.74, 6) is 1.40. The van der Waals surface area contributed by atoms with Crippen molar-refractivity contribution in [3.05, 3.63) is 59.3 Å². The average Bonchev–Trinajstić information content (AvgIpc) is 2.89. The van der Waals surface area contributed by atoms with Crippen molar-refractivity contribution in [3.8, 4) is 0 Å². The Labute approximate surface area is 142 Å². The van der Waals surface area contributed by atoms with E-state index in [0.717, 1.165) is 6.42 Å². The summed E-state index contributed by atoms with van der Waals surface area (Å²) >= 11 is 0. The zero-order chi connectivity index (χ0) is 16.8. The van der Waals surface area contributed by atoms with Gasteiger partial charge in [0, 0.05) is 5.20 Å². The van der Waals surface area contributed by atoms with Crippen LogP contribution in [0.25, 0.3) is 0 Å². The second kappa shape index (κ2) is 5.48. The van der Waals surface area contributed by atoms with Crippen molar-refractivity contribution in [2.24, 2.45) is 0 Å². The smallest absolute Gasteiger partial charge is 0.264 e. The van der Waals surface area contributed by atoms with E-state index in [9.17, 15) is 0 Å². The molecule has 0 spiro atoms. The highest BCUT2D eigenvalue weighted by atomic mass is 28.3. The summed E-state index contributed by atoms with van der Waals surface area (Å²) in [6.45, 7) is 14.0. The average molecular weight is 325 g/mol. The van der Waals surface area contributed by atoms with Crippen LogP contribution in [0, 0.1) is 0 Å². The van der Waals surface area contributed by atoms with Crippen molar-refractivity contribution < 1.29 is 4.24 Å². The topological polar surface area (TPSA) is 6.25 Å². The minimum absolute atomic E-state index is 0.130. The monoisotopic (exact) mass is 324 g/mol. The van der Waals surface area contributed by atoms with Crippen molar-refractivity contribution in [1.29, 1.82) is 0 Å². The highest BCUT2D eigenvalue weighted by Crippen LogP contribution is 2.36. The predicted molar refractivity (Wildman–Crippen MR) is 99.8 cm³/mol. The first kappa shape index (κ1) is 16.3. The van der Waals surface area contributed by atoms with Gasteiger partial charge < -0.3 is 0 Å². The summed E-state index contributed by atoms with van der Waals surface area (Å²) in [4.78, 5) is 0. The third-order valence-corrected chi connectivity index (χ3v) is 7.84. The number of nitrogens with zero attached hydrogens (tertiary/aromatic N) is 2. The molecule has 0 unspecified atom stereocenters. The molecule has 0 atom stereocenters. The van der Waals surface area contributed by atoms with E-state index in [1.165, 1.54) is 11.4 Å². The van der Waals surface area contributed by atoms with Gasteiger partial charge in [-0.05, 0) is 60.1 Å². The minimum Gasteiger partial charge on any atom is -0.264 e. The summed E-state index contributed by atoms with van der Waals surface area (Å²) < 4.78 is 5.38. The lowest BCUT2D eigenvalue weighted by Gasteiger charge is -2.47. The van der Waals surface area contributed by atoms with Crippen molar-refractivity contribution in [2.45, 2.75) is 59.0 Å². The van der Waals surface area contributed by atoms with E-state index in [1.807, 2.05) is 0 Å². The van der Waals surface area contributed by atoms with Crippen molar-refractivity contribution in [3.63, 3.8) is 0 Å². The molecule has 1 radical (unpaired) electrons. The molecule has 0 amide bonds. The molecule has 3 heteroatoms. The zero-order valence-corrected chi connectivity index (χ0v) is 16.2. The van der Waals surface area contributed by atoms with Gasteiger partial charge in [-0.2, -0.15) is 0 Å². The molecule has 0 N–H and O–H groups in total. The van der Waals surface area contributed by atoms with Gasteiger partial charge in [-0.3, -0.25) is 8.81 Å². The molecule has 3 rings (SSSR count). The number of hydrogen-bond acceptors (Lipinski definition) is 1. The van der Waals surface area contributed by atoms with Crippen LogP contribution in [0.4, 0.5) is 0 Å². The van der Waals surface area contributed by atoms with E-state index in [1.54, 1.807) is 5.20 Å². The fourth-order valence-corrected chi connectivity index (χ4v) is 6.68. The van der Waals surface area contributed by atoms with Gasteiger partial charge in [0.1, 0.15) is 0 Å². The third kappa shape index (κ3) is 2.83. The molecule has 1 aliphatic carbocycles. The maximum atomic E-state index is 2.69. The molecule has 0 bridgehead atoms. The summed E-state index contributed by atoms with van der Waals surface area (Å²) in [7, 11) is -0.885. The molecule has 0 aromatic heterocycles. The van der Waals surface area contributed by atoms with Gasteiger partial charge in [0.05, 0.1) is 16.6 Å². The standard InChI is InChI=1S/C20H28N2Si/c1-19(2,3)21-18(16-12-8-7-9-13-16)22(20(4,5)6)23(21)17-14-10-11-15-17/h7-14H,15H2,1-6H3/q+1. The second-order valence-electron chi connectivity index (χ2n) is 8.35. The van der Waals surface area contributed by atoms with Gasteiger partial charge in [-0.1, -0.05) is 36.4 Å². The second-order valence-corrected chi connectivity index (χ2v) is 10.5. The number of benzene rings is 1. The first-order valence-corrected chi connectivity index (χ1v) is 9.86. The minimum atomic E-state index is -0.885. The van der Waals surface area contributed by atoms with Crippen LogP contribution in [0.15, 0.2) is 53.8 Å². The van der Waals surface area contributed by atoms with Crippen LogP contribution in [0.1, 0.15) is 53.5 Å². The number of hydrogen-bond donors (Lipinski definition) is 0. The Balaban J connectivity index is 2.18. The maximum absolute atomic E-state index is 2.69. The summed E-state index contributed by atoms with van der Waals surface area (Å²) in [6.07, 6.45) is 7.95. The molecular formula is C20H28N2Si+. The van der Waals surface area contributed by atoms with Crippen LogP contribution < -0.4 is 0 Å². The first-order valence-electron chi connectivity index (χ1n) is 8.47. The van der Waals surface area contributed by atoms with Crippen LogP contribution in [-0.4, -0.2) is 34.8 Å². The molecular weight excluding hydrogens is 296 g/mol. The van der Waals surface area contributed by atoms with Gasteiger partial charge >= 0.3 is 9.12 Å². The molecule has 1 aliphatic heterocycles. The van der Waals surface area contributed by atoms with Crippen LogP contribution in [0.3, 0.4) is 0 Å². The van der Waals surface area contributed by atoms with Crippen molar-refractivity contribution in [2.75, 3.05) is 0 Å². The maximum Gasteiger partial charge on any atom is 0.591 e. The molecule has 0 saturated heterocycles. The highest BCUT2D eigenvalue weighted by molar-refractivity contribution is 6.64. The van der Waals surface area contributed by atoms with E-state index in [-0.39, 0.29) is 11.1 Å². The fourth-order valence-electron chi connectivity index (χ4n) is 3.37. The lowest BCUT2D eigenvalue weighted by molar-refractivity contribution is -0.506. The van der Waals surface area contributed by atoms with Crippen LogP contribution in [0.2, 0.25) is 0 Å². The molecule has 0 saturated carbocycles. The Hall–Kier alpha value is -1.61. The quantitative estimate of drug-likeness (QED) is 0.736. The summed E-state index contributed by atoms with van der Waals surface area (Å²) in [5.41, 5.74) is 1.59. The molecule has 23 heavy (non-hydrogen) atoms. The van der Waals surface area contributed by atoms with Gasteiger partial charge in [0.25, 0.3) is 5.84 Å². The normalized spacial score (nSPS) is 19.2.